The molecule has 1 N–H and O–H groups in total. The molecular formula is C18H27BrFN. The molecule has 0 saturated heterocycles. The van der Waals surface area contributed by atoms with Gasteiger partial charge in [0.2, 0.25) is 0 Å². The molecule has 2 rings (SSSR count). The van der Waals surface area contributed by atoms with Gasteiger partial charge in [-0.25, -0.2) is 4.39 Å². The molecule has 0 atom stereocenters. The van der Waals surface area contributed by atoms with E-state index >= 15 is 0 Å². The Bertz CT molecular complexity index is 459. The zero-order valence-electron chi connectivity index (χ0n) is 13.4. The van der Waals surface area contributed by atoms with E-state index in [0.717, 1.165) is 35.0 Å². The Hall–Kier alpha value is -0.410. The van der Waals surface area contributed by atoms with Crippen LogP contribution in [-0.2, 0) is 6.54 Å². The van der Waals surface area contributed by atoms with Crippen molar-refractivity contribution in [3.05, 3.63) is 34.1 Å². The van der Waals surface area contributed by atoms with Crippen LogP contribution in [0.4, 0.5) is 4.39 Å². The summed E-state index contributed by atoms with van der Waals surface area (Å²) in [6, 6.07) is 4.87. The van der Waals surface area contributed by atoms with Crippen molar-refractivity contribution in [2.24, 2.45) is 17.3 Å². The summed E-state index contributed by atoms with van der Waals surface area (Å²) in [6.07, 6.45) is 5.33. The van der Waals surface area contributed by atoms with Gasteiger partial charge in [0, 0.05) is 11.0 Å². The van der Waals surface area contributed by atoms with Crippen LogP contribution in [0.15, 0.2) is 22.7 Å². The Morgan fingerprint density at radius 1 is 1.19 bits per heavy atom. The van der Waals surface area contributed by atoms with Gasteiger partial charge in [0.1, 0.15) is 5.82 Å². The molecule has 21 heavy (non-hydrogen) atoms. The third-order valence-corrected chi connectivity index (χ3v) is 5.60. The molecule has 1 aliphatic carbocycles. The zero-order chi connectivity index (χ0) is 15.5. The lowest BCUT2D eigenvalue weighted by atomic mass is 9.70. The van der Waals surface area contributed by atoms with E-state index in [1.807, 2.05) is 0 Å². The highest BCUT2D eigenvalue weighted by molar-refractivity contribution is 9.10. The van der Waals surface area contributed by atoms with Crippen LogP contribution in [0.25, 0.3) is 0 Å². The molecule has 0 bridgehead atoms. The summed E-state index contributed by atoms with van der Waals surface area (Å²) < 4.78 is 14.2. The summed E-state index contributed by atoms with van der Waals surface area (Å²) in [4.78, 5) is 0. The molecule has 0 amide bonds. The van der Waals surface area contributed by atoms with Crippen molar-refractivity contribution in [3.63, 3.8) is 0 Å². The molecule has 1 fully saturated rings. The van der Waals surface area contributed by atoms with Crippen molar-refractivity contribution >= 4 is 15.9 Å². The van der Waals surface area contributed by atoms with Gasteiger partial charge in [0.05, 0.1) is 0 Å². The van der Waals surface area contributed by atoms with Gasteiger partial charge in [-0.1, -0.05) is 36.7 Å². The molecule has 1 saturated carbocycles. The van der Waals surface area contributed by atoms with E-state index < -0.39 is 0 Å². The van der Waals surface area contributed by atoms with Gasteiger partial charge in [-0.05, 0) is 73.2 Å². The summed E-state index contributed by atoms with van der Waals surface area (Å²) in [5.74, 6) is 1.47. The summed E-state index contributed by atoms with van der Waals surface area (Å²) in [6.45, 7) is 8.85. The van der Waals surface area contributed by atoms with Crippen molar-refractivity contribution in [2.45, 2.75) is 53.0 Å². The van der Waals surface area contributed by atoms with E-state index in [9.17, 15) is 4.39 Å². The molecule has 0 aliphatic heterocycles. The number of benzene rings is 1. The van der Waals surface area contributed by atoms with Gasteiger partial charge in [0.25, 0.3) is 0 Å². The van der Waals surface area contributed by atoms with Gasteiger partial charge < -0.3 is 5.32 Å². The molecule has 0 unspecified atom stereocenters. The standard InChI is InChI=1S/C18H27BrFN/c1-18(2,3)15-6-4-13(5-7-15)11-21-12-14-10-16(20)8-9-17(14)19/h8-10,13,15,21H,4-7,11-12H2,1-3H3. The summed E-state index contributed by atoms with van der Waals surface area (Å²) >= 11 is 3.48. The predicted octanol–water partition coefficient (Wildman–Crippen LogP) is 5.53. The Morgan fingerprint density at radius 2 is 1.86 bits per heavy atom. The van der Waals surface area contributed by atoms with Crippen LogP contribution in [-0.4, -0.2) is 6.54 Å². The molecule has 0 spiro atoms. The fourth-order valence-corrected chi connectivity index (χ4v) is 3.71. The van der Waals surface area contributed by atoms with E-state index in [4.69, 9.17) is 0 Å². The zero-order valence-corrected chi connectivity index (χ0v) is 15.0. The SMILES string of the molecule is CC(C)(C)C1CCC(CNCc2cc(F)ccc2Br)CC1. The van der Waals surface area contributed by atoms with Crippen LogP contribution in [0.3, 0.4) is 0 Å². The Kier molecular flexibility index (Phi) is 5.84. The second kappa shape index (κ2) is 7.23. The molecule has 1 aromatic rings. The smallest absolute Gasteiger partial charge is 0.123 e. The molecule has 0 radical (unpaired) electrons. The molecule has 1 nitrogen and oxygen atoms in total. The van der Waals surface area contributed by atoms with Crippen molar-refractivity contribution < 1.29 is 4.39 Å². The minimum Gasteiger partial charge on any atom is -0.312 e. The highest BCUT2D eigenvalue weighted by Gasteiger charge is 2.29. The van der Waals surface area contributed by atoms with Crippen LogP contribution in [0.1, 0.15) is 52.0 Å². The average molecular weight is 356 g/mol. The van der Waals surface area contributed by atoms with Gasteiger partial charge in [0.15, 0.2) is 0 Å². The van der Waals surface area contributed by atoms with Crippen LogP contribution < -0.4 is 5.32 Å². The first-order valence-electron chi connectivity index (χ1n) is 8.01. The predicted molar refractivity (Wildman–Crippen MR) is 90.7 cm³/mol. The topological polar surface area (TPSA) is 12.0 Å². The van der Waals surface area contributed by atoms with Crippen LogP contribution in [0.5, 0.6) is 0 Å². The van der Waals surface area contributed by atoms with E-state index in [2.05, 4.69) is 42.0 Å². The maximum atomic E-state index is 13.2. The molecule has 1 aliphatic rings. The lowest BCUT2D eigenvalue weighted by Gasteiger charge is -2.37. The minimum atomic E-state index is -0.166. The number of rotatable bonds is 4. The Labute approximate surface area is 136 Å². The van der Waals surface area contributed by atoms with Crippen LogP contribution >= 0.6 is 15.9 Å². The van der Waals surface area contributed by atoms with E-state index in [0.29, 0.717) is 5.41 Å². The first kappa shape index (κ1) is 17.0. The van der Waals surface area contributed by atoms with Crippen molar-refractivity contribution in [1.29, 1.82) is 0 Å². The Balaban J connectivity index is 1.74. The number of hydrogen-bond donors (Lipinski definition) is 1. The average Bonchev–Trinajstić information content (AvgIpc) is 2.42. The highest BCUT2D eigenvalue weighted by atomic mass is 79.9. The molecule has 118 valence electrons. The van der Waals surface area contributed by atoms with Crippen molar-refractivity contribution in [2.75, 3.05) is 6.54 Å². The highest BCUT2D eigenvalue weighted by Crippen LogP contribution is 2.39. The molecular weight excluding hydrogens is 329 g/mol. The second-order valence-electron chi connectivity index (χ2n) is 7.45. The summed E-state index contributed by atoms with van der Waals surface area (Å²) in [5.41, 5.74) is 1.45. The number of halogens is 2. The fourth-order valence-electron chi connectivity index (χ4n) is 3.32. The molecule has 0 heterocycles. The molecule has 1 aromatic carbocycles. The maximum Gasteiger partial charge on any atom is 0.123 e. The first-order chi connectivity index (χ1) is 9.86. The molecule has 3 heteroatoms. The van der Waals surface area contributed by atoms with Crippen molar-refractivity contribution in [1.82, 2.24) is 5.32 Å². The lowest BCUT2D eigenvalue weighted by molar-refractivity contribution is 0.149. The summed E-state index contributed by atoms with van der Waals surface area (Å²) in [7, 11) is 0. The van der Waals surface area contributed by atoms with Crippen molar-refractivity contribution in [3.8, 4) is 0 Å². The fraction of sp³-hybridized carbons (Fsp3) is 0.667. The monoisotopic (exact) mass is 355 g/mol. The van der Waals surface area contributed by atoms with E-state index in [1.54, 1.807) is 12.1 Å². The third-order valence-electron chi connectivity index (χ3n) is 4.83. The quantitative estimate of drug-likeness (QED) is 0.748. The van der Waals surface area contributed by atoms with Crippen LogP contribution in [0.2, 0.25) is 0 Å². The van der Waals surface area contributed by atoms with Gasteiger partial charge in [-0.2, -0.15) is 0 Å². The van der Waals surface area contributed by atoms with Gasteiger partial charge in [-0.3, -0.25) is 0 Å². The normalized spacial score (nSPS) is 23.3. The summed E-state index contributed by atoms with van der Waals surface area (Å²) in [5, 5.41) is 3.50. The van der Waals surface area contributed by atoms with E-state index in [-0.39, 0.29) is 5.82 Å². The number of hydrogen-bond acceptors (Lipinski definition) is 1. The maximum absolute atomic E-state index is 13.2. The van der Waals surface area contributed by atoms with E-state index in [1.165, 1.54) is 31.7 Å². The Morgan fingerprint density at radius 3 is 2.48 bits per heavy atom. The molecule has 0 aromatic heterocycles. The van der Waals surface area contributed by atoms with Crippen LogP contribution in [0, 0.1) is 23.1 Å². The van der Waals surface area contributed by atoms with Gasteiger partial charge >= 0.3 is 0 Å². The largest absolute Gasteiger partial charge is 0.312 e. The first-order valence-corrected chi connectivity index (χ1v) is 8.80. The van der Waals surface area contributed by atoms with Gasteiger partial charge in [-0.15, -0.1) is 0 Å². The number of nitrogens with one attached hydrogen (secondary N) is 1. The lowest BCUT2D eigenvalue weighted by Crippen LogP contribution is -2.30. The second-order valence-corrected chi connectivity index (χ2v) is 8.30. The minimum absolute atomic E-state index is 0.166. The third kappa shape index (κ3) is 5.07.